The van der Waals surface area contributed by atoms with Gasteiger partial charge < -0.3 is 15.0 Å². The number of imidazole rings is 1. The summed E-state index contributed by atoms with van der Waals surface area (Å²) in [5.41, 5.74) is 5.27. The van der Waals surface area contributed by atoms with Gasteiger partial charge >= 0.3 is 0 Å². The van der Waals surface area contributed by atoms with Crippen LogP contribution < -0.4 is 5.32 Å². The summed E-state index contributed by atoms with van der Waals surface area (Å²) in [6.07, 6.45) is 0. The Kier molecular flexibility index (Phi) is 5.45. The molecule has 0 aliphatic rings. The first-order valence-electron chi connectivity index (χ1n) is 9.76. The molecule has 1 aromatic heterocycles. The summed E-state index contributed by atoms with van der Waals surface area (Å²) in [7, 11) is 1.94. The molecule has 148 valence electrons. The van der Waals surface area contributed by atoms with Crippen molar-refractivity contribution in [3.63, 3.8) is 0 Å². The number of phenolic OH excluding ortho intramolecular Hbond substituents is 1. The van der Waals surface area contributed by atoms with Crippen molar-refractivity contribution in [3.8, 4) is 5.75 Å². The van der Waals surface area contributed by atoms with Crippen molar-refractivity contribution in [2.45, 2.75) is 53.0 Å². The van der Waals surface area contributed by atoms with Crippen molar-refractivity contribution in [2.24, 2.45) is 7.05 Å². The van der Waals surface area contributed by atoms with Gasteiger partial charge in [-0.05, 0) is 53.6 Å². The van der Waals surface area contributed by atoms with Crippen LogP contribution in [0.25, 0.3) is 11.0 Å². The van der Waals surface area contributed by atoms with E-state index in [0.29, 0.717) is 12.1 Å². The molecule has 2 N–H and O–H groups in total. The monoisotopic (exact) mass is 379 g/mol. The minimum atomic E-state index is -0.287. The average Bonchev–Trinajstić information content (AvgIpc) is 2.94. The van der Waals surface area contributed by atoms with Crippen molar-refractivity contribution in [3.05, 3.63) is 58.4 Å². The van der Waals surface area contributed by atoms with Crippen LogP contribution in [0.15, 0.2) is 30.3 Å². The van der Waals surface area contributed by atoms with E-state index in [1.54, 1.807) is 6.07 Å². The fourth-order valence-electron chi connectivity index (χ4n) is 3.40. The number of amides is 1. The van der Waals surface area contributed by atoms with Crippen molar-refractivity contribution < 1.29 is 9.90 Å². The molecule has 0 aliphatic carbocycles. The molecular weight excluding hydrogens is 350 g/mol. The molecule has 0 spiro atoms. The maximum atomic E-state index is 12.9. The van der Waals surface area contributed by atoms with Gasteiger partial charge in [0.05, 0.1) is 23.1 Å². The highest BCUT2D eigenvalue weighted by Crippen LogP contribution is 2.33. The van der Waals surface area contributed by atoms with Gasteiger partial charge in [-0.15, -0.1) is 0 Å². The zero-order valence-corrected chi connectivity index (χ0v) is 17.5. The number of nitrogens with zero attached hydrogens (tertiary/aromatic N) is 2. The molecule has 0 saturated heterocycles. The van der Waals surface area contributed by atoms with E-state index in [0.717, 1.165) is 33.5 Å². The number of carbonyl (C=O) groups excluding carboxylic acids is 1. The lowest BCUT2D eigenvalue weighted by Crippen LogP contribution is -2.25. The molecule has 0 aliphatic heterocycles. The Balaban J connectivity index is 1.88. The predicted octanol–water partition coefficient (Wildman–Crippen LogP) is 4.76. The topological polar surface area (TPSA) is 67.2 Å². The molecular formula is C23H29N3O2. The van der Waals surface area contributed by atoms with Crippen LogP contribution in [0.2, 0.25) is 0 Å². The molecule has 0 saturated carbocycles. The first kappa shape index (κ1) is 19.9. The smallest absolute Gasteiger partial charge is 0.255 e. The third-order valence-electron chi connectivity index (χ3n) is 5.23. The zero-order chi connectivity index (χ0) is 20.6. The molecule has 28 heavy (non-hydrogen) atoms. The van der Waals surface area contributed by atoms with Gasteiger partial charge in [0.1, 0.15) is 11.6 Å². The molecule has 5 heteroatoms. The van der Waals surface area contributed by atoms with E-state index < -0.39 is 0 Å². The molecule has 0 fully saturated rings. The Morgan fingerprint density at radius 1 is 1.14 bits per heavy atom. The van der Waals surface area contributed by atoms with E-state index in [9.17, 15) is 9.90 Å². The van der Waals surface area contributed by atoms with Crippen LogP contribution >= 0.6 is 0 Å². The van der Waals surface area contributed by atoms with Crippen molar-refractivity contribution >= 4 is 16.9 Å². The highest BCUT2D eigenvalue weighted by Gasteiger charge is 2.19. The van der Waals surface area contributed by atoms with Crippen LogP contribution in [-0.2, 0) is 13.6 Å². The number of nitrogens with one attached hydrogen (secondary N) is 1. The maximum absolute atomic E-state index is 12.9. The van der Waals surface area contributed by atoms with Gasteiger partial charge in [-0.2, -0.15) is 0 Å². The summed E-state index contributed by atoms with van der Waals surface area (Å²) in [5, 5.41) is 13.6. The highest BCUT2D eigenvalue weighted by atomic mass is 16.3. The number of carbonyl (C=O) groups is 1. The summed E-state index contributed by atoms with van der Waals surface area (Å²) >= 11 is 0. The second-order valence-electron chi connectivity index (χ2n) is 8.08. The molecule has 3 rings (SSSR count). The number of fused-ring (bicyclic) bond motifs is 1. The quantitative estimate of drug-likeness (QED) is 0.671. The fourth-order valence-corrected chi connectivity index (χ4v) is 3.40. The Bertz CT molecular complexity index is 1030. The van der Waals surface area contributed by atoms with Crippen LogP contribution in [0.4, 0.5) is 0 Å². The lowest BCUT2D eigenvalue weighted by atomic mass is 9.91. The fraction of sp³-hybridized carbons (Fsp3) is 0.391. The number of rotatable bonds is 5. The van der Waals surface area contributed by atoms with E-state index in [4.69, 9.17) is 0 Å². The van der Waals surface area contributed by atoms with Gasteiger partial charge in [0, 0.05) is 7.05 Å². The van der Waals surface area contributed by atoms with E-state index in [1.807, 2.05) is 50.6 Å². The number of benzene rings is 2. The number of aryl methyl sites for hydroxylation is 2. The Hall–Kier alpha value is -2.82. The Labute approximate surface area is 166 Å². The lowest BCUT2D eigenvalue weighted by Gasteiger charge is -2.17. The summed E-state index contributed by atoms with van der Waals surface area (Å²) < 4.78 is 1.99. The summed E-state index contributed by atoms with van der Waals surface area (Å²) in [4.78, 5) is 17.5. The minimum absolute atomic E-state index is 0.0672. The lowest BCUT2D eigenvalue weighted by molar-refractivity contribution is 0.0946. The normalized spacial score (nSPS) is 11.6. The molecule has 0 bridgehead atoms. The zero-order valence-electron chi connectivity index (χ0n) is 17.5. The van der Waals surface area contributed by atoms with Gasteiger partial charge in [-0.1, -0.05) is 39.8 Å². The Morgan fingerprint density at radius 3 is 2.50 bits per heavy atom. The van der Waals surface area contributed by atoms with Gasteiger partial charge in [-0.3, -0.25) is 4.79 Å². The average molecular weight is 380 g/mol. The van der Waals surface area contributed by atoms with E-state index in [2.05, 4.69) is 30.2 Å². The summed E-state index contributed by atoms with van der Waals surface area (Å²) in [5.74, 6) is 0.959. The SMILES string of the molecule is Cc1ccc2c(c1)nc(CNC(=O)c1cc(C(C)C)cc(C(C)C)c1O)n2C. The third-order valence-corrected chi connectivity index (χ3v) is 5.23. The molecule has 1 amide bonds. The molecule has 0 atom stereocenters. The summed E-state index contributed by atoms with van der Waals surface area (Å²) in [6, 6.07) is 9.91. The standard InChI is InChI=1S/C23H29N3O2/c1-13(2)16-10-17(14(3)4)22(27)18(11-16)23(28)24-12-21-25-19-9-15(5)7-8-20(19)26(21)6/h7-11,13-14,27H,12H2,1-6H3,(H,24,28). The molecule has 0 unspecified atom stereocenters. The van der Waals surface area contributed by atoms with Gasteiger partial charge in [0.25, 0.3) is 5.91 Å². The molecule has 3 aromatic rings. The van der Waals surface area contributed by atoms with E-state index in [1.165, 1.54) is 0 Å². The van der Waals surface area contributed by atoms with Gasteiger partial charge in [-0.25, -0.2) is 4.98 Å². The third kappa shape index (κ3) is 3.75. The molecule has 0 radical (unpaired) electrons. The van der Waals surface area contributed by atoms with Crippen LogP contribution in [0, 0.1) is 6.92 Å². The number of hydrogen-bond donors (Lipinski definition) is 2. The van der Waals surface area contributed by atoms with Crippen molar-refractivity contribution in [1.29, 1.82) is 0 Å². The Morgan fingerprint density at radius 2 is 1.86 bits per heavy atom. The maximum Gasteiger partial charge on any atom is 0.255 e. The van der Waals surface area contributed by atoms with Crippen LogP contribution in [-0.4, -0.2) is 20.6 Å². The largest absolute Gasteiger partial charge is 0.507 e. The van der Waals surface area contributed by atoms with Gasteiger partial charge in [0.15, 0.2) is 0 Å². The summed E-state index contributed by atoms with van der Waals surface area (Å²) in [6.45, 7) is 10.5. The number of aromatic nitrogens is 2. The molecule has 1 heterocycles. The van der Waals surface area contributed by atoms with Crippen molar-refractivity contribution in [1.82, 2.24) is 14.9 Å². The van der Waals surface area contributed by atoms with Crippen molar-refractivity contribution in [2.75, 3.05) is 0 Å². The molecule has 5 nitrogen and oxygen atoms in total. The van der Waals surface area contributed by atoms with Gasteiger partial charge in [0.2, 0.25) is 0 Å². The molecule has 2 aromatic carbocycles. The second-order valence-corrected chi connectivity index (χ2v) is 8.08. The predicted molar refractivity (Wildman–Crippen MR) is 113 cm³/mol. The number of aromatic hydroxyl groups is 1. The van der Waals surface area contributed by atoms with E-state index in [-0.39, 0.29) is 23.5 Å². The minimum Gasteiger partial charge on any atom is -0.507 e. The van der Waals surface area contributed by atoms with Crippen LogP contribution in [0.1, 0.15) is 72.4 Å². The first-order valence-corrected chi connectivity index (χ1v) is 9.76. The highest BCUT2D eigenvalue weighted by molar-refractivity contribution is 5.97. The first-order chi connectivity index (χ1) is 13.2. The number of phenols is 1. The van der Waals surface area contributed by atoms with E-state index >= 15 is 0 Å². The number of hydrogen-bond acceptors (Lipinski definition) is 3. The second kappa shape index (κ2) is 7.66. The van der Waals surface area contributed by atoms with Crippen LogP contribution in [0.3, 0.4) is 0 Å². The van der Waals surface area contributed by atoms with Crippen LogP contribution in [0.5, 0.6) is 5.75 Å².